The van der Waals surface area contributed by atoms with Gasteiger partial charge in [-0.3, -0.25) is 9.59 Å². The van der Waals surface area contributed by atoms with Crippen LogP contribution in [0.25, 0.3) is 0 Å². The summed E-state index contributed by atoms with van der Waals surface area (Å²) in [5, 5.41) is 2.90. The van der Waals surface area contributed by atoms with Gasteiger partial charge in [0.2, 0.25) is 5.91 Å². The van der Waals surface area contributed by atoms with E-state index in [4.69, 9.17) is 10.5 Å². The standard InChI is InChI=1S/C15H19N3O3/c1-18-12-7-11(4-5-13(12)21-8-14(18)19)17-15(20)9-2-3-10(16)6-9/h4-5,7,9-10H,2-3,6,8,16H2,1H3,(H,17,20). The zero-order chi connectivity index (χ0) is 15.0. The van der Waals surface area contributed by atoms with Crippen LogP contribution < -0.4 is 20.7 Å². The minimum Gasteiger partial charge on any atom is -0.482 e. The van der Waals surface area contributed by atoms with Gasteiger partial charge in [-0.25, -0.2) is 0 Å². The minimum atomic E-state index is -0.104. The first-order valence-corrected chi connectivity index (χ1v) is 7.14. The lowest BCUT2D eigenvalue weighted by Gasteiger charge is -2.26. The van der Waals surface area contributed by atoms with Crippen molar-refractivity contribution >= 4 is 23.2 Å². The van der Waals surface area contributed by atoms with Gasteiger partial charge in [-0.2, -0.15) is 0 Å². The van der Waals surface area contributed by atoms with Crippen molar-refractivity contribution < 1.29 is 14.3 Å². The molecule has 1 heterocycles. The van der Waals surface area contributed by atoms with Gasteiger partial charge < -0.3 is 20.7 Å². The molecular formula is C15H19N3O3. The van der Waals surface area contributed by atoms with E-state index in [2.05, 4.69) is 5.32 Å². The summed E-state index contributed by atoms with van der Waals surface area (Å²) < 4.78 is 5.36. The van der Waals surface area contributed by atoms with Gasteiger partial charge in [0.25, 0.3) is 5.91 Å². The minimum absolute atomic E-state index is 0.00592. The number of ether oxygens (including phenoxy) is 1. The number of likely N-dealkylation sites (N-methyl/N-ethyl adjacent to an activating group) is 1. The molecule has 0 bridgehead atoms. The van der Waals surface area contributed by atoms with Crippen molar-refractivity contribution in [2.75, 3.05) is 23.9 Å². The number of fused-ring (bicyclic) bond motifs is 1. The fourth-order valence-electron chi connectivity index (χ4n) is 2.85. The smallest absolute Gasteiger partial charge is 0.264 e. The Morgan fingerprint density at radius 3 is 2.95 bits per heavy atom. The van der Waals surface area contributed by atoms with E-state index >= 15 is 0 Å². The number of carbonyl (C=O) groups excluding carboxylic acids is 2. The molecule has 2 unspecified atom stereocenters. The molecule has 1 aromatic carbocycles. The Hall–Kier alpha value is -2.08. The van der Waals surface area contributed by atoms with Crippen LogP contribution in [0.4, 0.5) is 11.4 Å². The number of nitrogens with two attached hydrogens (primary N) is 1. The van der Waals surface area contributed by atoms with Crippen LogP contribution in [0, 0.1) is 5.92 Å². The molecule has 2 atom stereocenters. The highest BCUT2D eigenvalue weighted by Crippen LogP contribution is 2.34. The van der Waals surface area contributed by atoms with Crippen LogP contribution >= 0.6 is 0 Å². The number of nitrogens with zero attached hydrogens (tertiary/aromatic N) is 1. The average molecular weight is 289 g/mol. The molecule has 3 N–H and O–H groups in total. The largest absolute Gasteiger partial charge is 0.482 e. The number of nitrogens with one attached hydrogen (secondary N) is 1. The molecule has 2 amide bonds. The van der Waals surface area contributed by atoms with Crippen molar-refractivity contribution in [2.45, 2.75) is 25.3 Å². The lowest BCUT2D eigenvalue weighted by Crippen LogP contribution is -2.35. The molecule has 1 aliphatic heterocycles. The maximum absolute atomic E-state index is 12.2. The lowest BCUT2D eigenvalue weighted by atomic mass is 10.1. The normalized spacial score (nSPS) is 24.5. The van der Waals surface area contributed by atoms with Crippen molar-refractivity contribution in [1.82, 2.24) is 0 Å². The summed E-state index contributed by atoms with van der Waals surface area (Å²) in [6.07, 6.45) is 2.46. The van der Waals surface area contributed by atoms with Crippen LogP contribution in [0.1, 0.15) is 19.3 Å². The summed E-state index contributed by atoms with van der Waals surface area (Å²) in [5.41, 5.74) is 7.18. The average Bonchev–Trinajstić information content (AvgIpc) is 2.90. The van der Waals surface area contributed by atoms with Gasteiger partial charge in [0.15, 0.2) is 6.61 Å². The predicted molar refractivity (Wildman–Crippen MR) is 79.3 cm³/mol. The Morgan fingerprint density at radius 1 is 1.43 bits per heavy atom. The molecule has 3 rings (SSSR count). The monoisotopic (exact) mass is 289 g/mol. The highest BCUT2D eigenvalue weighted by atomic mass is 16.5. The third kappa shape index (κ3) is 2.71. The van der Waals surface area contributed by atoms with E-state index in [1.807, 2.05) is 0 Å². The fraction of sp³-hybridized carbons (Fsp3) is 0.467. The zero-order valence-corrected chi connectivity index (χ0v) is 12.0. The summed E-state index contributed by atoms with van der Waals surface area (Å²) >= 11 is 0. The number of amides is 2. The van der Waals surface area contributed by atoms with Crippen molar-refractivity contribution in [3.05, 3.63) is 18.2 Å². The van der Waals surface area contributed by atoms with Gasteiger partial charge in [0, 0.05) is 24.7 Å². The van der Waals surface area contributed by atoms with Crippen molar-refractivity contribution in [2.24, 2.45) is 11.7 Å². The Kier molecular flexibility index (Phi) is 3.55. The molecule has 0 aromatic heterocycles. The first kappa shape index (κ1) is 13.9. The Labute approximate surface area is 123 Å². The van der Waals surface area contributed by atoms with Crippen LogP contribution in [0.15, 0.2) is 18.2 Å². The van der Waals surface area contributed by atoms with E-state index in [0.717, 1.165) is 19.3 Å². The highest BCUT2D eigenvalue weighted by molar-refractivity contribution is 5.99. The van der Waals surface area contributed by atoms with E-state index < -0.39 is 0 Å². The lowest BCUT2D eigenvalue weighted by molar-refractivity contribution is -0.121. The van der Waals surface area contributed by atoms with Gasteiger partial charge in [-0.1, -0.05) is 0 Å². The second kappa shape index (κ2) is 5.37. The molecule has 21 heavy (non-hydrogen) atoms. The van der Waals surface area contributed by atoms with E-state index in [0.29, 0.717) is 17.1 Å². The Balaban J connectivity index is 1.75. The van der Waals surface area contributed by atoms with Gasteiger partial charge in [-0.15, -0.1) is 0 Å². The number of hydrogen-bond donors (Lipinski definition) is 2. The molecule has 1 aliphatic carbocycles. The number of benzene rings is 1. The number of anilines is 2. The van der Waals surface area contributed by atoms with Crippen LogP contribution in [0.3, 0.4) is 0 Å². The highest BCUT2D eigenvalue weighted by Gasteiger charge is 2.28. The molecule has 1 saturated carbocycles. The first-order valence-electron chi connectivity index (χ1n) is 7.14. The number of rotatable bonds is 2. The van der Waals surface area contributed by atoms with E-state index in [-0.39, 0.29) is 30.4 Å². The van der Waals surface area contributed by atoms with Crippen LogP contribution in [0.2, 0.25) is 0 Å². The zero-order valence-electron chi connectivity index (χ0n) is 12.0. The second-order valence-electron chi connectivity index (χ2n) is 5.68. The summed E-state index contributed by atoms with van der Waals surface area (Å²) in [5.74, 6) is 0.519. The summed E-state index contributed by atoms with van der Waals surface area (Å²) in [6, 6.07) is 5.45. The molecule has 2 aliphatic rings. The van der Waals surface area contributed by atoms with Gasteiger partial charge in [0.05, 0.1) is 5.69 Å². The molecule has 112 valence electrons. The van der Waals surface area contributed by atoms with Gasteiger partial charge >= 0.3 is 0 Å². The van der Waals surface area contributed by atoms with E-state index in [9.17, 15) is 9.59 Å². The Morgan fingerprint density at radius 2 is 2.24 bits per heavy atom. The molecule has 6 heteroatoms. The maximum Gasteiger partial charge on any atom is 0.264 e. The molecular weight excluding hydrogens is 270 g/mol. The van der Waals surface area contributed by atoms with E-state index in [1.165, 1.54) is 0 Å². The third-order valence-electron chi connectivity index (χ3n) is 4.16. The van der Waals surface area contributed by atoms with Crippen molar-refractivity contribution in [3.8, 4) is 5.75 Å². The first-order chi connectivity index (χ1) is 10.0. The quantitative estimate of drug-likeness (QED) is 0.854. The van der Waals surface area contributed by atoms with Crippen LogP contribution in [-0.4, -0.2) is 31.5 Å². The SMILES string of the molecule is CN1C(=O)COc2ccc(NC(=O)C3CCC(N)C3)cc21. The predicted octanol–water partition coefficient (Wildman–Crippen LogP) is 1.11. The van der Waals surface area contributed by atoms with Crippen molar-refractivity contribution in [1.29, 1.82) is 0 Å². The van der Waals surface area contributed by atoms with Gasteiger partial charge in [-0.05, 0) is 37.5 Å². The third-order valence-corrected chi connectivity index (χ3v) is 4.16. The summed E-state index contributed by atoms with van der Waals surface area (Å²) in [4.78, 5) is 25.4. The molecule has 1 aromatic rings. The molecule has 0 radical (unpaired) electrons. The number of carbonyl (C=O) groups is 2. The fourth-order valence-corrected chi connectivity index (χ4v) is 2.85. The van der Waals surface area contributed by atoms with Crippen LogP contribution in [0.5, 0.6) is 5.75 Å². The Bertz CT molecular complexity index is 588. The number of hydrogen-bond acceptors (Lipinski definition) is 4. The molecule has 0 spiro atoms. The van der Waals surface area contributed by atoms with Gasteiger partial charge in [0.1, 0.15) is 5.75 Å². The van der Waals surface area contributed by atoms with Crippen LogP contribution in [-0.2, 0) is 9.59 Å². The summed E-state index contributed by atoms with van der Waals surface area (Å²) in [6.45, 7) is 0.0508. The molecule has 6 nitrogen and oxygen atoms in total. The van der Waals surface area contributed by atoms with Crippen molar-refractivity contribution in [3.63, 3.8) is 0 Å². The molecule has 1 fully saturated rings. The topological polar surface area (TPSA) is 84.7 Å². The van der Waals surface area contributed by atoms with E-state index in [1.54, 1.807) is 30.1 Å². The maximum atomic E-state index is 12.2. The second-order valence-corrected chi connectivity index (χ2v) is 5.68. The molecule has 0 saturated heterocycles. The summed E-state index contributed by atoms with van der Waals surface area (Å²) in [7, 11) is 1.70.